The van der Waals surface area contributed by atoms with Crippen molar-refractivity contribution < 1.29 is 4.74 Å². The smallest absolute Gasteiger partial charge is 0.120 e. The predicted octanol–water partition coefficient (Wildman–Crippen LogP) is 4.51. The molecule has 2 aromatic carbocycles. The van der Waals surface area contributed by atoms with Gasteiger partial charge in [-0.3, -0.25) is 0 Å². The molecule has 0 radical (unpaired) electrons. The first-order valence-electron chi connectivity index (χ1n) is 7.13. The van der Waals surface area contributed by atoms with Crippen LogP contribution in [0.25, 0.3) is 0 Å². The van der Waals surface area contributed by atoms with Crippen LogP contribution in [0.4, 0.5) is 5.69 Å². The summed E-state index contributed by atoms with van der Waals surface area (Å²) in [5, 5.41) is 3.42. The Hall–Kier alpha value is -1.96. The Morgan fingerprint density at radius 1 is 1.00 bits per heavy atom. The molecule has 0 heterocycles. The van der Waals surface area contributed by atoms with Gasteiger partial charge in [0, 0.05) is 18.3 Å². The molecule has 0 aromatic heterocycles. The predicted molar refractivity (Wildman–Crippen MR) is 85.3 cm³/mol. The SMILES string of the molecule is COc1cccc(NCc2ccc(CC(C)C)cc2)c1. The highest BCUT2D eigenvalue weighted by molar-refractivity contribution is 5.48. The second kappa shape index (κ2) is 6.99. The fraction of sp³-hybridized carbons (Fsp3) is 0.333. The van der Waals surface area contributed by atoms with Crippen molar-refractivity contribution >= 4 is 5.69 Å². The molecule has 2 nitrogen and oxygen atoms in total. The number of rotatable bonds is 6. The summed E-state index contributed by atoms with van der Waals surface area (Å²) in [6, 6.07) is 16.8. The molecule has 0 bridgehead atoms. The van der Waals surface area contributed by atoms with E-state index in [0.29, 0.717) is 5.92 Å². The molecule has 106 valence electrons. The number of hydrogen-bond donors (Lipinski definition) is 1. The Labute approximate surface area is 121 Å². The van der Waals surface area contributed by atoms with Crippen molar-refractivity contribution in [1.82, 2.24) is 0 Å². The van der Waals surface area contributed by atoms with Gasteiger partial charge in [0.05, 0.1) is 7.11 Å². The molecule has 2 heteroatoms. The molecular weight excluding hydrogens is 246 g/mol. The molecule has 0 saturated heterocycles. The average Bonchev–Trinajstić information content (AvgIpc) is 2.46. The Morgan fingerprint density at radius 3 is 2.35 bits per heavy atom. The van der Waals surface area contributed by atoms with E-state index in [2.05, 4.69) is 49.5 Å². The third kappa shape index (κ3) is 4.30. The van der Waals surface area contributed by atoms with Gasteiger partial charge in [-0.1, -0.05) is 44.2 Å². The molecule has 0 fully saturated rings. The maximum Gasteiger partial charge on any atom is 0.120 e. The van der Waals surface area contributed by atoms with Crippen LogP contribution in [0.2, 0.25) is 0 Å². The number of ether oxygens (including phenoxy) is 1. The molecule has 0 aliphatic rings. The lowest BCUT2D eigenvalue weighted by Crippen LogP contribution is -2.00. The van der Waals surface area contributed by atoms with E-state index in [0.717, 1.165) is 24.4 Å². The van der Waals surface area contributed by atoms with E-state index >= 15 is 0 Å². The largest absolute Gasteiger partial charge is 0.497 e. The van der Waals surface area contributed by atoms with E-state index in [1.807, 2.05) is 18.2 Å². The molecule has 0 aliphatic heterocycles. The normalized spacial score (nSPS) is 10.6. The van der Waals surface area contributed by atoms with Gasteiger partial charge < -0.3 is 10.1 Å². The molecule has 0 unspecified atom stereocenters. The van der Waals surface area contributed by atoms with E-state index in [-0.39, 0.29) is 0 Å². The molecule has 0 amide bonds. The lowest BCUT2D eigenvalue weighted by Gasteiger charge is -2.09. The quantitative estimate of drug-likeness (QED) is 0.833. The van der Waals surface area contributed by atoms with Crippen molar-refractivity contribution in [2.75, 3.05) is 12.4 Å². The lowest BCUT2D eigenvalue weighted by molar-refractivity contribution is 0.415. The molecule has 0 spiro atoms. The zero-order chi connectivity index (χ0) is 14.4. The highest BCUT2D eigenvalue weighted by Gasteiger charge is 1.99. The molecule has 0 aliphatic carbocycles. The van der Waals surface area contributed by atoms with E-state index in [4.69, 9.17) is 4.74 Å². The standard InChI is InChI=1S/C18H23NO/c1-14(2)11-15-7-9-16(10-8-15)13-19-17-5-4-6-18(12-17)20-3/h4-10,12,14,19H,11,13H2,1-3H3. The molecule has 0 atom stereocenters. The average molecular weight is 269 g/mol. The van der Waals surface area contributed by atoms with Crippen LogP contribution < -0.4 is 10.1 Å². The summed E-state index contributed by atoms with van der Waals surface area (Å²) >= 11 is 0. The van der Waals surface area contributed by atoms with Crippen molar-refractivity contribution in [3.05, 3.63) is 59.7 Å². The molecular formula is C18H23NO. The zero-order valence-electron chi connectivity index (χ0n) is 12.5. The summed E-state index contributed by atoms with van der Waals surface area (Å²) in [5.74, 6) is 1.58. The molecule has 2 aromatic rings. The first kappa shape index (κ1) is 14.4. The summed E-state index contributed by atoms with van der Waals surface area (Å²) in [6.07, 6.45) is 1.14. The molecule has 1 N–H and O–H groups in total. The monoisotopic (exact) mass is 269 g/mol. The first-order valence-corrected chi connectivity index (χ1v) is 7.13. The fourth-order valence-corrected chi connectivity index (χ4v) is 2.20. The Balaban J connectivity index is 1.93. The van der Waals surface area contributed by atoms with Gasteiger partial charge in [-0.15, -0.1) is 0 Å². The van der Waals surface area contributed by atoms with Gasteiger partial charge >= 0.3 is 0 Å². The zero-order valence-corrected chi connectivity index (χ0v) is 12.5. The summed E-state index contributed by atoms with van der Waals surface area (Å²) < 4.78 is 5.22. The Kier molecular flexibility index (Phi) is 5.05. The third-order valence-electron chi connectivity index (χ3n) is 3.23. The van der Waals surface area contributed by atoms with Gasteiger partial charge in [0.2, 0.25) is 0 Å². The minimum Gasteiger partial charge on any atom is -0.497 e. The van der Waals surface area contributed by atoms with Gasteiger partial charge in [-0.05, 0) is 35.6 Å². The summed E-state index contributed by atoms with van der Waals surface area (Å²) in [6.45, 7) is 5.33. The van der Waals surface area contributed by atoms with E-state index in [9.17, 15) is 0 Å². The summed E-state index contributed by atoms with van der Waals surface area (Å²) in [7, 11) is 1.69. The molecule has 20 heavy (non-hydrogen) atoms. The van der Waals surface area contributed by atoms with Crippen LogP contribution in [0.15, 0.2) is 48.5 Å². The van der Waals surface area contributed by atoms with Gasteiger partial charge in [0.15, 0.2) is 0 Å². The van der Waals surface area contributed by atoms with Gasteiger partial charge in [0.25, 0.3) is 0 Å². The number of methoxy groups -OCH3 is 1. The molecule has 0 saturated carbocycles. The number of hydrogen-bond acceptors (Lipinski definition) is 2. The second-order valence-electron chi connectivity index (χ2n) is 5.50. The highest BCUT2D eigenvalue weighted by atomic mass is 16.5. The van der Waals surface area contributed by atoms with Crippen molar-refractivity contribution in [1.29, 1.82) is 0 Å². The van der Waals surface area contributed by atoms with Crippen LogP contribution in [0.5, 0.6) is 5.75 Å². The van der Waals surface area contributed by atoms with Crippen LogP contribution in [-0.2, 0) is 13.0 Å². The number of anilines is 1. The summed E-state index contributed by atoms with van der Waals surface area (Å²) in [4.78, 5) is 0. The fourth-order valence-electron chi connectivity index (χ4n) is 2.20. The highest BCUT2D eigenvalue weighted by Crippen LogP contribution is 2.17. The Bertz CT molecular complexity index is 531. The topological polar surface area (TPSA) is 21.3 Å². The van der Waals surface area contributed by atoms with E-state index in [1.54, 1.807) is 7.11 Å². The first-order chi connectivity index (χ1) is 9.67. The van der Waals surface area contributed by atoms with Crippen LogP contribution in [0.3, 0.4) is 0 Å². The van der Waals surface area contributed by atoms with Crippen molar-refractivity contribution in [3.8, 4) is 5.75 Å². The van der Waals surface area contributed by atoms with E-state index < -0.39 is 0 Å². The van der Waals surface area contributed by atoms with Gasteiger partial charge in [0.1, 0.15) is 5.75 Å². The van der Waals surface area contributed by atoms with Gasteiger partial charge in [-0.2, -0.15) is 0 Å². The lowest BCUT2D eigenvalue weighted by atomic mass is 10.0. The van der Waals surface area contributed by atoms with Crippen LogP contribution >= 0.6 is 0 Å². The Morgan fingerprint density at radius 2 is 1.70 bits per heavy atom. The van der Waals surface area contributed by atoms with E-state index in [1.165, 1.54) is 11.1 Å². The minimum absolute atomic E-state index is 0.704. The maximum atomic E-state index is 5.22. The number of benzene rings is 2. The maximum absolute atomic E-state index is 5.22. The second-order valence-corrected chi connectivity index (χ2v) is 5.50. The molecule has 2 rings (SSSR count). The van der Waals surface area contributed by atoms with Crippen molar-refractivity contribution in [3.63, 3.8) is 0 Å². The van der Waals surface area contributed by atoms with Crippen LogP contribution in [0.1, 0.15) is 25.0 Å². The van der Waals surface area contributed by atoms with Crippen LogP contribution in [0, 0.1) is 5.92 Å². The van der Waals surface area contributed by atoms with Crippen LogP contribution in [-0.4, -0.2) is 7.11 Å². The third-order valence-corrected chi connectivity index (χ3v) is 3.23. The summed E-state index contributed by atoms with van der Waals surface area (Å²) in [5.41, 5.74) is 3.78. The van der Waals surface area contributed by atoms with Crippen molar-refractivity contribution in [2.24, 2.45) is 5.92 Å². The van der Waals surface area contributed by atoms with Gasteiger partial charge in [-0.25, -0.2) is 0 Å². The minimum atomic E-state index is 0.704. The van der Waals surface area contributed by atoms with Crippen molar-refractivity contribution in [2.45, 2.75) is 26.8 Å². The number of nitrogens with one attached hydrogen (secondary N) is 1.